The molecule has 1 aliphatic rings. The third-order valence-electron chi connectivity index (χ3n) is 3.77. The molecule has 0 bridgehead atoms. The molecule has 0 heterocycles. The number of carbonyl (C=O) groups is 1. The maximum atomic E-state index is 12.9. The third-order valence-corrected chi connectivity index (χ3v) is 3.77. The molecule has 0 aliphatic heterocycles. The molecular formula is C16H18F3NO2. The molecule has 3 nitrogen and oxygen atoms in total. The van der Waals surface area contributed by atoms with Crippen molar-refractivity contribution in [2.24, 2.45) is 5.92 Å². The van der Waals surface area contributed by atoms with Crippen molar-refractivity contribution in [2.75, 3.05) is 13.8 Å². The third kappa shape index (κ3) is 3.32. The quantitative estimate of drug-likeness (QED) is 0.844. The number of ether oxygens (including phenoxy) is 1. The van der Waals surface area contributed by atoms with Crippen LogP contribution in [0.15, 0.2) is 30.0 Å². The highest BCUT2D eigenvalue weighted by molar-refractivity contribution is 6.24. The second kappa shape index (κ2) is 6.52. The van der Waals surface area contributed by atoms with Crippen LogP contribution in [0.1, 0.15) is 30.9 Å². The molecule has 0 saturated carbocycles. The SMILES string of the molecule is CCC1CC(NCOC)=C(c2cccc(C(F)(F)F)c2)C1=O. The molecule has 0 amide bonds. The van der Waals surface area contributed by atoms with Gasteiger partial charge in [-0.1, -0.05) is 19.1 Å². The van der Waals surface area contributed by atoms with Gasteiger partial charge in [0.2, 0.25) is 0 Å². The number of nitrogens with one attached hydrogen (secondary N) is 1. The lowest BCUT2D eigenvalue weighted by atomic mass is 9.96. The predicted octanol–water partition coefficient (Wildman–Crippen LogP) is 3.61. The van der Waals surface area contributed by atoms with Gasteiger partial charge in [0.1, 0.15) is 6.73 Å². The van der Waals surface area contributed by atoms with Crippen LogP contribution in [0.5, 0.6) is 0 Å². The number of halogens is 3. The Balaban J connectivity index is 2.44. The van der Waals surface area contributed by atoms with Crippen molar-refractivity contribution in [3.05, 3.63) is 41.1 Å². The summed E-state index contributed by atoms with van der Waals surface area (Å²) in [5.41, 5.74) is 0.541. The van der Waals surface area contributed by atoms with Gasteiger partial charge in [-0.25, -0.2) is 0 Å². The van der Waals surface area contributed by atoms with Crippen LogP contribution in [0.25, 0.3) is 5.57 Å². The minimum absolute atomic E-state index is 0.111. The summed E-state index contributed by atoms with van der Waals surface area (Å²) in [6.45, 7) is 2.10. The molecule has 1 aromatic carbocycles. The molecule has 0 spiro atoms. The van der Waals surface area contributed by atoms with Crippen LogP contribution in [0.4, 0.5) is 13.2 Å². The van der Waals surface area contributed by atoms with E-state index in [2.05, 4.69) is 5.32 Å². The molecule has 1 N–H and O–H groups in total. The van der Waals surface area contributed by atoms with Crippen LogP contribution in [0, 0.1) is 5.92 Å². The van der Waals surface area contributed by atoms with Crippen molar-refractivity contribution in [3.63, 3.8) is 0 Å². The van der Waals surface area contributed by atoms with E-state index in [-0.39, 0.29) is 18.4 Å². The van der Waals surface area contributed by atoms with Gasteiger partial charge in [-0.05, 0) is 30.5 Å². The van der Waals surface area contributed by atoms with E-state index in [1.165, 1.54) is 19.2 Å². The number of ketones is 1. The second-order valence-corrected chi connectivity index (χ2v) is 5.22. The van der Waals surface area contributed by atoms with Crippen LogP contribution in [0.2, 0.25) is 0 Å². The Hall–Kier alpha value is -1.82. The summed E-state index contributed by atoms with van der Waals surface area (Å²) in [5.74, 6) is -0.302. The van der Waals surface area contributed by atoms with Gasteiger partial charge < -0.3 is 10.1 Å². The highest BCUT2D eigenvalue weighted by atomic mass is 19.4. The Labute approximate surface area is 127 Å². The molecule has 120 valence electrons. The number of carbonyl (C=O) groups excluding carboxylic acids is 1. The summed E-state index contributed by atoms with van der Waals surface area (Å²) < 4.78 is 43.5. The highest BCUT2D eigenvalue weighted by Gasteiger charge is 2.35. The Morgan fingerprint density at radius 1 is 1.36 bits per heavy atom. The molecule has 1 unspecified atom stereocenters. The monoisotopic (exact) mass is 313 g/mol. The standard InChI is InChI=1S/C16H18F3NO2/c1-3-10-8-13(20-9-22-2)14(15(10)21)11-5-4-6-12(7-11)16(17,18)19/h4-7,10,20H,3,8-9H2,1-2H3. The molecule has 1 aliphatic carbocycles. The zero-order valence-corrected chi connectivity index (χ0v) is 12.5. The first kappa shape index (κ1) is 16.5. The maximum Gasteiger partial charge on any atom is 0.416 e. The Bertz CT molecular complexity index is 593. The lowest BCUT2D eigenvalue weighted by molar-refractivity contribution is -0.137. The number of alkyl halides is 3. The summed E-state index contributed by atoms with van der Waals surface area (Å²) in [7, 11) is 1.51. The number of methoxy groups -OCH3 is 1. The summed E-state index contributed by atoms with van der Waals surface area (Å²) in [5, 5.41) is 2.99. The van der Waals surface area contributed by atoms with E-state index in [1.807, 2.05) is 6.92 Å². The van der Waals surface area contributed by atoms with E-state index in [4.69, 9.17) is 4.74 Å². The molecular weight excluding hydrogens is 295 g/mol. The van der Waals surface area contributed by atoms with E-state index in [1.54, 1.807) is 0 Å². The maximum absolute atomic E-state index is 12.9. The first-order valence-corrected chi connectivity index (χ1v) is 7.06. The number of benzene rings is 1. The van der Waals surface area contributed by atoms with Crippen LogP contribution < -0.4 is 5.32 Å². The van der Waals surface area contributed by atoms with Gasteiger partial charge in [0.15, 0.2) is 5.78 Å². The molecule has 2 rings (SSSR count). The molecule has 1 atom stereocenters. The van der Waals surface area contributed by atoms with E-state index >= 15 is 0 Å². The Kier molecular flexibility index (Phi) is 4.90. The number of allylic oxidation sites excluding steroid dienone is 2. The van der Waals surface area contributed by atoms with E-state index in [0.717, 1.165) is 12.1 Å². The van der Waals surface area contributed by atoms with Crippen molar-refractivity contribution in [2.45, 2.75) is 25.9 Å². The summed E-state index contributed by atoms with van der Waals surface area (Å²) in [4.78, 5) is 12.5. The Morgan fingerprint density at radius 2 is 2.09 bits per heavy atom. The molecule has 6 heteroatoms. The van der Waals surface area contributed by atoms with Gasteiger partial charge >= 0.3 is 6.18 Å². The van der Waals surface area contributed by atoms with Crippen molar-refractivity contribution in [1.29, 1.82) is 0 Å². The number of hydrogen-bond acceptors (Lipinski definition) is 3. The van der Waals surface area contributed by atoms with Crippen LogP contribution in [-0.2, 0) is 15.7 Å². The first-order valence-electron chi connectivity index (χ1n) is 7.06. The molecule has 0 radical (unpaired) electrons. The average molecular weight is 313 g/mol. The highest BCUT2D eigenvalue weighted by Crippen LogP contribution is 2.37. The summed E-state index contributed by atoms with van der Waals surface area (Å²) in [6.07, 6.45) is -3.27. The lowest BCUT2D eigenvalue weighted by Crippen LogP contribution is -2.16. The van der Waals surface area contributed by atoms with Crippen molar-refractivity contribution >= 4 is 11.4 Å². The van der Waals surface area contributed by atoms with E-state index in [9.17, 15) is 18.0 Å². The fraction of sp³-hybridized carbons (Fsp3) is 0.438. The minimum Gasteiger partial charge on any atom is -0.365 e. The normalized spacial score (nSPS) is 19.0. The molecule has 0 fully saturated rings. The van der Waals surface area contributed by atoms with Crippen molar-refractivity contribution in [3.8, 4) is 0 Å². The van der Waals surface area contributed by atoms with Crippen LogP contribution in [0.3, 0.4) is 0 Å². The lowest BCUT2D eigenvalue weighted by Gasteiger charge is -2.11. The van der Waals surface area contributed by atoms with Gasteiger partial charge in [0, 0.05) is 24.3 Å². The molecule has 0 saturated heterocycles. The van der Waals surface area contributed by atoms with Gasteiger partial charge in [-0.15, -0.1) is 0 Å². The molecule has 0 aromatic heterocycles. The number of rotatable bonds is 5. The number of Topliss-reactive ketones (excluding diaryl/α,β-unsaturated/α-hetero) is 1. The first-order chi connectivity index (χ1) is 10.4. The predicted molar refractivity (Wildman–Crippen MR) is 76.8 cm³/mol. The zero-order chi connectivity index (χ0) is 16.3. The topological polar surface area (TPSA) is 38.3 Å². The molecule has 22 heavy (non-hydrogen) atoms. The zero-order valence-electron chi connectivity index (χ0n) is 12.5. The minimum atomic E-state index is -4.43. The van der Waals surface area contributed by atoms with Gasteiger partial charge in [0.05, 0.1) is 5.56 Å². The summed E-state index contributed by atoms with van der Waals surface area (Å²) >= 11 is 0. The van der Waals surface area contributed by atoms with E-state index in [0.29, 0.717) is 29.7 Å². The van der Waals surface area contributed by atoms with Gasteiger partial charge in [-0.3, -0.25) is 4.79 Å². The van der Waals surface area contributed by atoms with Crippen molar-refractivity contribution in [1.82, 2.24) is 5.32 Å². The van der Waals surface area contributed by atoms with Crippen molar-refractivity contribution < 1.29 is 22.7 Å². The van der Waals surface area contributed by atoms with Gasteiger partial charge in [-0.2, -0.15) is 13.2 Å². The smallest absolute Gasteiger partial charge is 0.365 e. The largest absolute Gasteiger partial charge is 0.416 e. The fourth-order valence-corrected chi connectivity index (χ4v) is 2.61. The molecule has 1 aromatic rings. The fourth-order valence-electron chi connectivity index (χ4n) is 2.61. The second-order valence-electron chi connectivity index (χ2n) is 5.22. The van der Waals surface area contributed by atoms with Crippen LogP contribution in [-0.4, -0.2) is 19.6 Å². The number of hydrogen-bond donors (Lipinski definition) is 1. The average Bonchev–Trinajstić information content (AvgIpc) is 2.80. The Morgan fingerprint density at radius 3 is 2.68 bits per heavy atom. The summed E-state index contributed by atoms with van der Waals surface area (Å²) in [6, 6.07) is 4.89. The van der Waals surface area contributed by atoms with Crippen LogP contribution >= 0.6 is 0 Å². The van der Waals surface area contributed by atoms with Gasteiger partial charge in [0.25, 0.3) is 0 Å². The van der Waals surface area contributed by atoms with E-state index < -0.39 is 11.7 Å².